The molecule has 4 heteroatoms. The van der Waals surface area contributed by atoms with Crippen LogP contribution in [0.15, 0.2) is 11.8 Å². The summed E-state index contributed by atoms with van der Waals surface area (Å²) >= 11 is 0. The highest BCUT2D eigenvalue weighted by Crippen LogP contribution is 2.39. The molecule has 0 unspecified atom stereocenters. The molecule has 0 radical (unpaired) electrons. The van der Waals surface area contributed by atoms with E-state index in [0.29, 0.717) is 0 Å². The van der Waals surface area contributed by atoms with E-state index in [-0.39, 0.29) is 5.73 Å². The number of hydrogen-bond acceptors (Lipinski definition) is 2. The lowest BCUT2D eigenvalue weighted by atomic mass is 9.87. The Balaban J connectivity index is 1.89. The molecule has 0 aromatic heterocycles. The SMILES string of the molecule is CC1(C)OB(C(F)=CCCC2CC2)OC1(C)C. The van der Waals surface area contributed by atoms with Crippen molar-refractivity contribution < 1.29 is 13.7 Å². The standard InChI is InChI=1S/C13H22BFO2/c1-12(2)13(3,4)17-14(16-12)11(15)7-5-6-10-8-9-10/h7,10H,5-6,8-9H2,1-4H3. The van der Waals surface area contributed by atoms with Crippen LogP contribution in [0.4, 0.5) is 4.39 Å². The second-order valence-electron chi connectivity index (χ2n) is 6.20. The summed E-state index contributed by atoms with van der Waals surface area (Å²) in [4.78, 5) is 0. The second-order valence-corrected chi connectivity index (χ2v) is 6.20. The third kappa shape index (κ3) is 2.91. The van der Waals surface area contributed by atoms with Crippen molar-refractivity contribution in [2.45, 2.75) is 64.6 Å². The topological polar surface area (TPSA) is 18.5 Å². The van der Waals surface area contributed by atoms with Crippen molar-refractivity contribution in [3.8, 4) is 0 Å². The first-order chi connectivity index (χ1) is 7.82. The average molecular weight is 240 g/mol. The van der Waals surface area contributed by atoms with Gasteiger partial charge in [-0.05, 0) is 46.5 Å². The van der Waals surface area contributed by atoms with E-state index < -0.39 is 18.3 Å². The molecule has 0 N–H and O–H groups in total. The second kappa shape index (κ2) is 4.40. The Morgan fingerprint density at radius 3 is 2.24 bits per heavy atom. The summed E-state index contributed by atoms with van der Waals surface area (Å²) < 4.78 is 25.1. The zero-order chi connectivity index (χ0) is 12.7. The summed E-state index contributed by atoms with van der Waals surface area (Å²) in [5.74, 6) is 0.831. The first-order valence-electron chi connectivity index (χ1n) is 6.53. The van der Waals surface area contributed by atoms with Gasteiger partial charge >= 0.3 is 7.12 Å². The number of hydrogen-bond donors (Lipinski definition) is 0. The van der Waals surface area contributed by atoms with Gasteiger partial charge in [0.15, 0.2) is 0 Å². The summed E-state index contributed by atoms with van der Waals surface area (Å²) in [5, 5.41) is 0. The van der Waals surface area contributed by atoms with Crippen LogP contribution in [0.1, 0.15) is 53.4 Å². The molecular weight excluding hydrogens is 218 g/mol. The van der Waals surface area contributed by atoms with Crippen LogP contribution in [-0.2, 0) is 9.31 Å². The number of rotatable bonds is 4. The minimum Gasteiger partial charge on any atom is -0.398 e. The predicted octanol–water partition coefficient (Wildman–Crippen LogP) is 3.66. The highest BCUT2D eigenvalue weighted by Gasteiger charge is 2.52. The molecule has 2 nitrogen and oxygen atoms in total. The van der Waals surface area contributed by atoms with Gasteiger partial charge in [0.05, 0.1) is 11.2 Å². The lowest BCUT2D eigenvalue weighted by Crippen LogP contribution is -2.41. The van der Waals surface area contributed by atoms with Gasteiger partial charge in [0, 0.05) is 0 Å². The molecule has 1 aliphatic heterocycles. The van der Waals surface area contributed by atoms with E-state index in [1.165, 1.54) is 12.8 Å². The molecule has 0 aromatic rings. The monoisotopic (exact) mass is 240 g/mol. The fourth-order valence-electron chi connectivity index (χ4n) is 1.92. The molecular formula is C13H22BFO2. The maximum absolute atomic E-state index is 13.9. The Labute approximate surface area is 104 Å². The molecule has 2 fully saturated rings. The average Bonchev–Trinajstić information content (AvgIpc) is 2.95. The fourth-order valence-corrected chi connectivity index (χ4v) is 1.92. The third-order valence-corrected chi connectivity index (χ3v) is 4.09. The Morgan fingerprint density at radius 1 is 1.24 bits per heavy atom. The Bertz CT molecular complexity index is 305. The van der Waals surface area contributed by atoms with Gasteiger partial charge in [-0.25, -0.2) is 4.39 Å². The van der Waals surface area contributed by atoms with Crippen molar-refractivity contribution in [2.75, 3.05) is 0 Å². The fraction of sp³-hybridized carbons (Fsp3) is 0.846. The van der Waals surface area contributed by atoms with E-state index in [2.05, 4.69) is 0 Å². The van der Waals surface area contributed by atoms with Crippen LogP contribution in [-0.4, -0.2) is 18.3 Å². The van der Waals surface area contributed by atoms with Crippen LogP contribution >= 0.6 is 0 Å². The molecule has 2 rings (SSSR count). The molecule has 1 saturated carbocycles. The Hall–Kier alpha value is -0.345. The predicted molar refractivity (Wildman–Crippen MR) is 67.2 cm³/mol. The minimum absolute atomic E-state index is 0.274. The first-order valence-corrected chi connectivity index (χ1v) is 6.53. The molecule has 0 spiro atoms. The highest BCUT2D eigenvalue weighted by molar-refractivity contribution is 6.53. The Kier molecular flexibility index (Phi) is 3.39. The first kappa shape index (κ1) is 13.1. The van der Waals surface area contributed by atoms with Gasteiger partial charge in [-0.15, -0.1) is 0 Å². The van der Waals surface area contributed by atoms with Crippen molar-refractivity contribution in [1.82, 2.24) is 0 Å². The molecule has 96 valence electrons. The summed E-state index contributed by atoms with van der Waals surface area (Å²) in [6.07, 6.45) is 6.13. The molecule has 1 aliphatic carbocycles. The van der Waals surface area contributed by atoms with Crippen molar-refractivity contribution in [2.24, 2.45) is 5.92 Å². The zero-order valence-electron chi connectivity index (χ0n) is 11.3. The molecule has 1 heterocycles. The van der Waals surface area contributed by atoms with Crippen LogP contribution in [0.2, 0.25) is 0 Å². The molecule has 17 heavy (non-hydrogen) atoms. The zero-order valence-corrected chi connectivity index (χ0v) is 11.3. The van der Waals surface area contributed by atoms with Gasteiger partial charge in [-0.1, -0.05) is 18.9 Å². The third-order valence-electron chi connectivity index (χ3n) is 4.09. The molecule has 0 atom stereocenters. The quantitative estimate of drug-likeness (QED) is 0.698. The normalized spacial score (nSPS) is 27.6. The van der Waals surface area contributed by atoms with E-state index in [1.54, 1.807) is 6.08 Å². The highest BCUT2D eigenvalue weighted by atomic mass is 19.1. The van der Waals surface area contributed by atoms with Crippen molar-refractivity contribution >= 4 is 7.12 Å². The molecule has 0 aromatic carbocycles. The summed E-state index contributed by atoms with van der Waals surface area (Å²) in [5.41, 5.74) is -1.19. The molecule has 1 saturated heterocycles. The largest absolute Gasteiger partial charge is 0.524 e. The van der Waals surface area contributed by atoms with Crippen molar-refractivity contribution in [1.29, 1.82) is 0 Å². The van der Waals surface area contributed by atoms with Gasteiger partial charge < -0.3 is 9.31 Å². The lowest BCUT2D eigenvalue weighted by Gasteiger charge is -2.32. The van der Waals surface area contributed by atoms with Gasteiger partial charge in [-0.2, -0.15) is 0 Å². The summed E-state index contributed by atoms with van der Waals surface area (Å²) in [6.45, 7) is 7.74. The van der Waals surface area contributed by atoms with Crippen LogP contribution in [0.3, 0.4) is 0 Å². The molecule has 2 aliphatic rings. The minimum atomic E-state index is -0.820. The Morgan fingerprint density at radius 2 is 1.76 bits per heavy atom. The van der Waals surface area contributed by atoms with Crippen molar-refractivity contribution in [3.63, 3.8) is 0 Å². The maximum atomic E-state index is 13.9. The van der Waals surface area contributed by atoms with E-state index >= 15 is 0 Å². The van der Waals surface area contributed by atoms with Crippen LogP contribution in [0.25, 0.3) is 0 Å². The molecule has 0 bridgehead atoms. The smallest absolute Gasteiger partial charge is 0.398 e. The van der Waals surface area contributed by atoms with Crippen LogP contribution in [0, 0.1) is 5.92 Å². The maximum Gasteiger partial charge on any atom is 0.524 e. The van der Waals surface area contributed by atoms with Crippen LogP contribution in [0.5, 0.6) is 0 Å². The van der Waals surface area contributed by atoms with E-state index in [4.69, 9.17) is 9.31 Å². The molecule has 0 amide bonds. The van der Waals surface area contributed by atoms with Crippen molar-refractivity contribution in [3.05, 3.63) is 11.8 Å². The lowest BCUT2D eigenvalue weighted by molar-refractivity contribution is 0.00578. The van der Waals surface area contributed by atoms with Gasteiger partial charge in [-0.3, -0.25) is 0 Å². The van der Waals surface area contributed by atoms with Gasteiger partial charge in [0.1, 0.15) is 5.73 Å². The van der Waals surface area contributed by atoms with Gasteiger partial charge in [0.2, 0.25) is 0 Å². The van der Waals surface area contributed by atoms with E-state index in [0.717, 1.165) is 18.8 Å². The van der Waals surface area contributed by atoms with E-state index in [1.807, 2.05) is 27.7 Å². The number of allylic oxidation sites excluding steroid dienone is 1. The number of halogens is 1. The summed E-state index contributed by atoms with van der Waals surface area (Å²) in [6, 6.07) is 0. The van der Waals surface area contributed by atoms with Gasteiger partial charge in [0.25, 0.3) is 0 Å². The van der Waals surface area contributed by atoms with E-state index in [9.17, 15) is 4.39 Å². The van der Waals surface area contributed by atoms with Crippen LogP contribution < -0.4 is 0 Å². The summed E-state index contributed by atoms with van der Waals surface area (Å²) in [7, 11) is -0.820.